The van der Waals surface area contributed by atoms with Gasteiger partial charge in [-0.3, -0.25) is 14.8 Å². The van der Waals surface area contributed by atoms with E-state index in [4.69, 9.17) is 9.73 Å². The van der Waals surface area contributed by atoms with E-state index in [0.29, 0.717) is 18.5 Å². The van der Waals surface area contributed by atoms with Crippen molar-refractivity contribution in [2.75, 3.05) is 33.3 Å². The molecule has 0 aromatic carbocycles. The normalized spacial score (nSPS) is 24.6. The molecule has 0 saturated carbocycles. The molecule has 0 radical (unpaired) electrons. The number of nitrogens with zero attached hydrogens (tertiary/aromatic N) is 3. The molecule has 1 N–H and O–H groups in total. The number of fused-ring (bicyclic) bond motifs is 1. The molecule has 6 nitrogen and oxygen atoms in total. The van der Waals surface area contributed by atoms with Crippen LogP contribution >= 0.6 is 0 Å². The molecule has 3 aliphatic heterocycles. The number of carbonyl (C=O) groups is 1. The van der Waals surface area contributed by atoms with Gasteiger partial charge in [-0.2, -0.15) is 0 Å². The summed E-state index contributed by atoms with van der Waals surface area (Å²) in [5.74, 6) is 0.859. The zero-order valence-corrected chi connectivity index (χ0v) is 15.5. The number of hydrogen-bond acceptors (Lipinski definition) is 6. The van der Waals surface area contributed by atoms with Gasteiger partial charge < -0.3 is 15.0 Å². The van der Waals surface area contributed by atoms with Crippen molar-refractivity contribution in [3.05, 3.63) is 23.5 Å². The lowest BCUT2D eigenvalue weighted by Crippen LogP contribution is -2.35. The van der Waals surface area contributed by atoms with E-state index in [1.165, 1.54) is 25.9 Å². The van der Waals surface area contributed by atoms with Gasteiger partial charge in [0.2, 0.25) is 0 Å². The first-order chi connectivity index (χ1) is 12.7. The summed E-state index contributed by atoms with van der Waals surface area (Å²) in [4.78, 5) is 24.3. The van der Waals surface area contributed by atoms with Crippen molar-refractivity contribution in [3.63, 3.8) is 0 Å². The summed E-state index contributed by atoms with van der Waals surface area (Å²) in [7, 11) is 2.19. The summed E-state index contributed by atoms with van der Waals surface area (Å²) in [6.45, 7) is 4.77. The van der Waals surface area contributed by atoms with Crippen LogP contribution in [0.5, 0.6) is 0 Å². The van der Waals surface area contributed by atoms with E-state index in [1.807, 2.05) is 0 Å². The molecule has 2 saturated heterocycles. The highest BCUT2D eigenvalue weighted by Crippen LogP contribution is 2.31. The topological polar surface area (TPSA) is 66.8 Å². The number of likely N-dealkylation sites (tertiary alicyclic amines) is 1. The van der Waals surface area contributed by atoms with Crippen LogP contribution in [0.2, 0.25) is 0 Å². The average Bonchev–Trinajstić information content (AvgIpc) is 3.18. The Kier molecular flexibility index (Phi) is 5.43. The number of aliphatic imine (C=N–C) groups is 1. The second kappa shape index (κ2) is 7.94. The van der Waals surface area contributed by atoms with Crippen molar-refractivity contribution < 1.29 is 9.53 Å². The Morgan fingerprint density at radius 1 is 1.31 bits per heavy atom. The molecule has 2 fully saturated rings. The number of ether oxygens (including phenoxy) is 1. The van der Waals surface area contributed by atoms with E-state index in [9.17, 15) is 4.79 Å². The molecule has 0 spiro atoms. The van der Waals surface area contributed by atoms with E-state index in [0.717, 1.165) is 49.0 Å². The molecular weight excluding hydrogens is 328 g/mol. The summed E-state index contributed by atoms with van der Waals surface area (Å²) in [6, 6.07) is 1.80. The Morgan fingerprint density at radius 3 is 2.92 bits per heavy atom. The summed E-state index contributed by atoms with van der Waals surface area (Å²) < 4.78 is 5.74. The van der Waals surface area contributed by atoms with Crippen LogP contribution in [-0.2, 0) is 11.3 Å². The van der Waals surface area contributed by atoms with Gasteiger partial charge in [0, 0.05) is 24.9 Å². The molecule has 26 heavy (non-hydrogen) atoms. The SMILES string of the molecule is CN1CCC(CNCc2nccc3c2N=C(C2CCCO2)CC3=O)CC1. The van der Waals surface area contributed by atoms with E-state index < -0.39 is 0 Å². The molecule has 4 heterocycles. The number of piperidine rings is 1. The number of aromatic nitrogens is 1. The molecule has 1 unspecified atom stereocenters. The fraction of sp³-hybridized carbons (Fsp3) is 0.650. The third-order valence-electron chi connectivity index (χ3n) is 5.76. The predicted octanol–water partition coefficient (Wildman–Crippen LogP) is 2.35. The summed E-state index contributed by atoms with van der Waals surface area (Å²) in [6.07, 6.45) is 6.61. The fourth-order valence-electron chi connectivity index (χ4n) is 4.11. The number of ketones is 1. The quantitative estimate of drug-likeness (QED) is 0.877. The predicted molar refractivity (Wildman–Crippen MR) is 101 cm³/mol. The third kappa shape index (κ3) is 3.87. The largest absolute Gasteiger partial charge is 0.372 e. The summed E-state index contributed by atoms with van der Waals surface area (Å²) >= 11 is 0. The van der Waals surface area contributed by atoms with Crippen LogP contribution in [0, 0.1) is 5.92 Å². The fourth-order valence-corrected chi connectivity index (χ4v) is 4.11. The summed E-state index contributed by atoms with van der Waals surface area (Å²) in [5, 5.41) is 3.54. The zero-order chi connectivity index (χ0) is 17.9. The molecule has 4 rings (SSSR count). The van der Waals surface area contributed by atoms with Gasteiger partial charge >= 0.3 is 0 Å². The minimum absolute atomic E-state index is 0.00680. The maximum atomic E-state index is 12.6. The monoisotopic (exact) mass is 356 g/mol. The minimum atomic E-state index is 0.00680. The molecule has 6 heteroatoms. The number of pyridine rings is 1. The highest BCUT2D eigenvalue weighted by molar-refractivity contribution is 6.17. The third-order valence-corrected chi connectivity index (χ3v) is 5.76. The molecule has 1 aromatic heterocycles. The molecule has 3 aliphatic rings. The van der Waals surface area contributed by atoms with Crippen LogP contribution < -0.4 is 5.32 Å². The Bertz CT molecular complexity index is 689. The molecule has 0 aliphatic carbocycles. The van der Waals surface area contributed by atoms with Crippen LogP contribution in [0.1, 0.15) is 48.2 Å². The number of Topliss-reactive ketones (excluding diaryl/α,β-unsaturated/α-hetero) is 1. The maximum absolute atomic E-state index is 12.6. The first-order valence-electron chi connectivity index (χ1n) is 9.80. The lowest BCUT2D eigenvalue weighted by Gasteiger charge is -2.29. The van der Waals surface area contributed by atoms with Gasteiger partial charge in [0.05, 0.1) is 29.6 Å². The van der Waals surface area contributed by atoms with Crippen molar-refractivity contribution in [3.8, 4) is 0 Å². The molecule has 1 atom stereocenters. The zero-order valence-electron chi connectivity index (χ0n) is 15.5. The van der Waals surface area contributed by atoms with Crippen LogP contribution in [-0.4, -0.2) is 60.8 Å². The molecular formula is C20H28N4O2. The van der Waals surface area contributed by atoms with E-state index in [-0.39, 0.29) is 11.9 Å². The van der Waals surface area contributed by atoms with Crippen LogP contribution in [0.15, 0.2) is 17.3 Å². The molecule has 0 bridgehead atoms. The van der Waals surface area contributed by atoms with Crippen molar-refractivity contribution in [2.45, 2.75) is 44.8 Å². The van der Waals surface area contributed by atoms with E-state index >= 15 is 0 Å². The number of hydrogen-bond donors (Lipinski definition) is 1. The van der Waals surface area contributed by atoms with Crippen LogP contribution in [0.3, 0.4) is 0 Å². The first-order valence-corrected chi connectivity index (χ1v) is 9.80. The summed E-state index contributed by atoms with van der Waals surface area (Å²) in [5.41, 5.74) is 3.21. The minimum Gasteiger partial charge on any atom is -0.372 e. The number of rotatable bonds is 5. The standard InChI is InChI=1S/C20H28N4O2/c1-24-8-5-14(6-9-24)12-21-13-17-20-15(4-7-22-17)18(25)11-16(23-20)19-3-2-10-26-19/h4,7,14,19,21H,2-3,5-6,8-13H2,1H3. The van der Waals surface area contributed by atoms with E-state index in [2.05, 4.69) is 22.2 Å². The van der Waals surface area contributed by atoms with Crippen molar-refractivity contribution in [1.29, 1.82) is 0 Å². The van der Waals surface area contributed by atoms with Crippen molar-refractivity contribution >= 4 is 17.2 Å². The molecule has 140 valence electrons. The maximum Gasteiger partial charge on any atom is 0.170 e. The van der Waals surface area contributed by atoms with Crippen molar-refractivity contribution in [1.82, 2.24) is 15.2 Å². The number of carbonyl (C=O) groups excluding carboxylic acids is 1. The second-order valence-corrected chi connectivity index (χ2v) is 7.74. The van der Waals surface area contributed by atoms with Gasteiger partial charge in [0.25, 0.3) is 0 Å². The lowest BCUT2D eigenvalue weighted by molar-refractivity contribution is 0.0990. The highest BCUT2D eigenvalue weighted by atomic mass is 16.5. The van der Waals surface area contributed by atoms with Gasteiger partial charge in [-0.25, -0.2) is 0 Å². The Labute approximate surface area is 155 Å². The van der Waals surface area contributed by atoms with Gasteiger partial charge in [0.1, 0.15) is 0 Å². The second-order valence-electron chi connectivity index (χ2n) is 7.74. The van der Waals surface area contributed by atoms with Gasteiger partial charge in [0.15, 0.2) is 5.78 Å². The number of nitrogens with one attached hydrogen (secondary N) is 1. The Hall–Kier alpha value is -1.63. The highest BCUT2D eigenvalue weighted by Gasteiger charge is 2.29. The molecule has 1 aromatic rings. The van der Waals surface area contributed by atoms with Gasteiger partial charge in [-0.05, 0) is 64.3 Å². The smallest absolute Gasteiger partial charge is 0.170 e. The van der Waals surface area contributed by atoms with Crippen LogP contribution in [0.4, 0.5) is 5.69 Å². The first kappa shape index (κ1) is 17.8. The van der Waals surface area contributed by atoms with Gasteiger partial charge in [-0.15, -0.1) is 0 Å². The lowest BCUT2D eigenvalue weighted by atomic mass is 9.96. The van der Waals surface area contributed by atoms with E-state index in [1.54, 1.807) is 12.3 Å². The Morgan fingerprint density at radius 2 is 2.15 bits per heavy atom. The van der Waals surface area contributed by atoms with Crippen LogP contribution in [0.25, 0.3) is 0 Å². The van der Waals surface area contributed by atoms with Crippen molar-refractivity contribution in [2.24, 2.45) is 10.9 Å². The molecule has 0 amide bonds. The Balaban J connectivity index is 1.44. The van der Waals surface area contributed by atoms with Gasteiger partial charge in [-0.1, -0.05) is 0 Å². The average molecular weight is 356 g/mol.